The van der Waals surface area contributed by atoms with Crippen LogP contribution < -0.4 is 20.9 Å². The first-order valence-corrected chi connectivity index (χ1v) is 11.2. The second-order valence-electron chi connectivity index (χ2n) is 10.4. The van der Waals surface area contributed by atoms with Gasteiger partial charge in [0.25, 0.3) is 0 Å². The highest BCUT2D eigenvalue weighted by Crippen LogP contribution is 2.57. The first-order valence-electron chi connectivity index (χ1n) is 11.2. The highest BCUT2D eigenvalue weighted by atomic mass is 19.4. The van der Waals surface area contributed by atoms with Crippen LogP contribution in [0.2, 0.25) is 0 Å². The Morgan fingerprint density at radius 2 is 0.923 bits per heavy atom. The second-order valence-corrected chi connectivity index (χ2v) is 10.4. The fraction of sp³-hybridized carbons (Fsp3) is 0.440. The molecule has 2 aromatic rings. The van der Waals surface area contributed by atoms with Crippen LogP contribution in [0.15, 0.2) is 36.4 Å². The zero-order valence-electron chi connectivity index (χ0n) is 21.8. The van der Waals surface area contributed by atoms with E-state index in [-0.39, 0.29) is 0 Å². The molecule has 39 heavy (non-hydrogen) atoms. The standard InChI is InChI=1S/C25H28F6N2O6/c1-21(2,3)38-19(34)36-17-11-13(7-9-15(17)32)23(24(26,27)28,25(29,30)31)14-8-10-16(33)18(12-14)37-20(35)39-22(4,5)6/h7-12H,32-33H2,1-6H3. The van der Waals surface area contributed by atoms with Gasteiger partial charge in [0.15, 0.2) is 11.5 Å². The average Bonchev–Trinajstić information content (AvgIpc) is 2.68. The molecule has 0 unspecified atom stereocenters. The Kier molecular flexibility index (Phi) is 8.35. The number of carbonyl (C=O) groups excluding carboxylic acids is 2. The molecule has 2 aromatic carbocycles. The van der Waals surface area contributed by atoms with Crippen molar-refractivity contribution in [1.82, 2.24) is 0 Å². The van der Waals surface area contributed by atoms with Crippen LogP contribution in [0.5, 0.6) is 11.5 Å². The van der Waals surface area contributed by atoms with Gasteiger partial charge < -0.3 is 30.4 Å². The normalized spacial score (nSPS) is 13.0. The first kappa shape index (κ1) is 31.4. The van der Waals surface area contributed by atoms with Gasteiger partial charge in [0.1, 0.15) is 11.2 Å². The Labute approximate surface area is 220 Å². The summed E-state index contributed by atoms with van der Waals surface area (Å²) >= 11 is 0. The van der Waals surface area contributed by atoms with Crippen LogP contribution in [0.4, 0.5) is 47.3 Å². The van der Waals surface area contributed by atoms with Gasteiger partial charge in [-0.1, -0.05) is 12.1 Å². The fourth-order valence-corrected chi connectivity index (χ4v) is 3.42. The number of ether oxygens (including phenoxy) is 4. The molecule has 2 rings (SSSR count). The van der Waals surface area contributed by atoms with Crippen LogP contribution in [0.1, 0.15) is 52.7 Å². The average molecular weight is 566 g/mol. The van der Waals surface area contributed by atoms with Gasteiger partial charge >= 0.3 is 24.7 Å². The number of alkyl halides is 6. The fourth-order valence-electron chi connectivity index (χ4n) is 3.42. The molecule has 216 valence electrons. The van der Waals surface area contributed by atoms with Crippen molar-refractivity contribution >= 4 is 23.7 Å². The molecule has 0 aliphatic carbocycles. The van der Waals surface area contributed by atoms with Crippen molar-refractivity contribution in [3.63, 3.8) is 0 Å². The third-order valence-electron chi connectivity index (χ3n) is 4.91. The number of anilines is 2. The lowest BCUT2D eigenvalue weighted by Gasteiger charge is -2.38. The van der Waals surface area contributed by atoms with Crippen molar-refractivity contribution in [2.45, 2.75) is 70.5 Å². The number of rotatable bonds is 4. The van der Waals surface area contributed by atoms with Gasteiger partial charge in [0.05, 0.1) is 11.4 Å². The molecular formula is C25H28F6N2O6. The lowest BCUT2D eigenvalue weighted by Crippen LogP contribution is -2.54. The Bertz CT molecular complexity index is 1130. The minimum Gasteiger partial charge on any atom is -0.428 e. The van der Waals surface area contributed by atoms with Gasteiger partial charge in [-0.3, -0.25) is 0 Å². The topological polar surface area (TPSA) is 123 Å². The predicted octanol–water partition coefficient (Wildman–Crippen LogP) is 6.89. The second kappa shape index (κ2) is 10.4. The van der Waals surface area contributed by atoms with Crippen LogP contribution >= 0.6 is 0 Å². The summed E-state index contributed by atoms with van der Waals surface area (Å²) in [5.41, 5.74) is 0.787. The molecule has 14 heteroatoms. The van der Waals surface area contributed by atoms with E-state index < -0.39 is 75.3 Å². The zero-order valence-corrected chi connectivity index (χ0v) is 21.8. The van der Waals surface area contributed by atoms with Gasteiger partial charge in [0, 0.05) is 0 Å². The summed E-state index contributed by atoms with van der Waals surface area (Å²) in [4.78, 5) is 24.1. The van der Waals surface area contributed by atoms with Crippen LogP contribution in [0.3, 0.4) is 0 Å². The first-order chi connectivity index (χ1) is 17.5. The summed E-state index contributed by atoms with van der Waals surface area (Å²) in [5, 5.41) is 0. The number of nitrogen functional groups attached to an aromatic ring is 2. The van der Waals surface area contributed by atoms with Crippen LogP contribution in [-0.2, 0) is 14.9 Å². The Morgan fingerprint density at radius 3 is 1.18 bits per heavy atom. The molecule has 0 saturated heterocycles. The van der Waals surface area contributed by atoms with E-state index in [1.807, 2.05) is 0 Å². The molecule has 4 N–H and O–H groups in total. The van der Waals surface area contributed by atoms with E-state index in [2.05, 4.69) is 0 Å². The van der Waals surface area contributed by atoms with Gasteiger partial charge in [-0.2, -0.15) is 26.3 Å². The summed E-state index contributed by atoms with van der Waals surface area (Å²) in [5.74, 6) is -1.61. The smallest absolute Gasteiger partial charge is 0.428 e. The van der Waals surface area contributed by atoms with Crippen molar-refractivity contribution in [3.05, 3.63) is 47.5 Å². The molecule has 0 bridgehead atoms. The number of benzene rings is 2. The number of nitrogens with two attached hydrogens (primary N) is 2. The van der Waals surface area contributed by atoms with E-state index in [4.69, 9.17) is 30.4 Å². The van der Waals surface area contributed by atoms with Gasteiger partial charge in [0.2, 0.25) is 5.41 Å². The van der Waals surface area contributed by atoms with Crippen LogP contribution in [0, 0.1) is 0 Å². The van der Waals surface area contributed by atoms with E-state index in [1.165, 1.54) is 41.5 Å². The summed E-state index contributed by atoms with van der Waals surface area (Å²) in [6, 6.07) is 3.09. The molecule has 0 spiro atoms. The third-order valence-corrected chi connectivity index (χ3v) is 4.91. The van der Waals surface area contributed by atoms with Crippen LogP contribution in [-0.4, -0.2) is 35.9 Å². The van der Waals surface area contributed by atoms with Gasteiger partial charge in [-0.05, 0) is 76.9 Å². The number of hydrogen-bond donors (Lipinski definition) is 2. The Balaban J connectivity index is 2.77. The van der Waals surface area contributed by atoms with Crippen molar-refractivity contribution in [2.75, 3.05) is 11.5 Å². The van der Waals surface area contributed by atoms with Crippen molar-refractivity contribution < 1.29 is 54.9 Å². The van der Waals surface area contributed by atoms with Crippen molar-refractivity contribution in [2.24, 2.45) is 0 Å². The summed E-state index contributed by atoms with van der Waals surface area (Å²) in [6.45, 7) is 8.78. The van der Waals surface area contributed by atoms with Crippen molar-refractivity contribution in [3.8, 4) is 11.5 Å². The summed E-state index contributed by atoms with van der Waals surface area (Å²) < 4.78 is 107. The van der Waals surface area contributed by atoms with Crippen LogP contribution in [0.25, 0.3) is 0 Å². The molecule has 0 fully saturated rings. The molecule has 0 radical (unpaired) electrons. The minimum absolute atomic E-state index is 0.338. The van der Waals surface area contributed by atoms with Gasteiger partial charge in [-0.15, -0.1) is 0 Å². The maximum atomic E-state index is 14.6. The zero-order chi connectivity index (χ0) is 30.2. The van der Waals surface area contributed by atoms with E-state index in [0.29, 0.717) is 24.3 Å². The Morgan fingerprint density at radius 1 is 0.615 bits per heavy atom. The predicted molar refractivity (Wildman–Crippen MR) is 128 cm³/mol. The molecule has 0 atom stereocenters. The lowest BCUT2D eigenvalue weighted by atomic mass is 9.72. The lowest BCUT2D eigenvalue weighted by molar-refractivity contribution is -0.288. The molecule has 0 amide bonds. The molecule has 0 aliphatic heterocycles. The molecule has 0 aromatic heterocycles. The minimum atomic E-state index is -6.02. The number of hydrogen-bond acceptors (Lipinski definition) is 8. The van der Waals surface area contributed by atoms with E-state index in [0.717, 1.165) is 12.1 Å². The third kappa shape index (κ3) is 7.18. The maximum absolute atomic E-state index is 14.6. The van der Waals surface area contributed by atoms with E-state index in [9.17, 15) is 35.9 Å². The number of halogens is 6. The van der Waals surface area contributed by atoms with E-state index >= 15 is 0 Å². The molecule has 0 saturated carbocycles. The molecule has 8 nitrogen and oxygen atoms in total. The largest absolute Gasteiger partial charge is 0.514 e. The maximum Gasteiger partial charge on any atom is 0.514 e. The highest BCUT2D eigenvalue weighted by molar-refractivity contribution is 5.71. The molecule has 0 heterocycles. The molecular weight excluding hydrogens is 538 g/mol. The monoisotopic (exact) mass is 566 g/mol. The summed E-state index contributed by atoms with van der Waals surface area (Å²) in [6.07, 6.45) is -14.9. The Hall–Kier alpha value is -3.84. The molecule has 0 aliphatic rings. The number of carbonyl (C=O) groups is 2. The quantitative estimate of drug-likeness (QED) is 0.178. The summed E-state index contributed by atoms with van der Waals surface area (Å²) in [7, 11) is 0. The SMILES string of the molecule is CC(C)(C)OC(=O)Oc1cc(C(c2ccc(N)c(OC(=O)OC(C)(C)C)c2)(C(F)(F)F)C(F)(F)F)ccc1N. The van der Waals surface area contributed by atoms with Crippen molar-refractivity contribution in [1.29, 1.82) is 0 Å². The van der Waals surface area contributed by atoms with Gasteiger partial charge in [-0.25, -0.2) is 9.59 Å². The van der Waals surface area contributed by atoms with E-state index in [1.54, 1.807) is 0 Å². The highest BCUT2D eigenvalue weighted by Gasteiger charge is 2.72.